The van der Waals surface area contributed by atoms with E-state index >= 15 is 0 Å². The molecular weight excluding hydrogens is 215 g/mol. The van der Waals surface area contributed by atoms with Crippen LogP contribution in [0.4, 0.5) is 10.1 Å². The van der Waals surface area contributed by atoms with Crippen LogP contribution in [0.5, 0.6) is 0 Å². The first kappa shape index (κ1) is 11.6. The third-order valence-electron chi connectivity index (χ3n) is 2.51. The average Bonchev–Trinajstić information content (AvgIpc) is 2.29. The van der Waals surface area contributed by atoms with Crippen LogP contribution in [0.15, 0.2) is 42.7 Å². The number of hydrogen-bond donors (Lipinski definition) is 1. The van der Waals surface area contributed by atoms with E-state index in [0.717, 1.165) is 24.2 Å². The minimum absolute atomic E-state index is 0.200. The van der Waals surface area contributed by atoms with Gasteiger partial charge in [0.25, 0.3) is 0 Å². The summed E-state index contributed by atoms with van der Waals surface area (Å²) in [6.07, 6.45) is 4.48. The first-order chi connectivity index (χ1) is 8.24. The molecule has 0 fully saturated rings. The van der Waals surface area contributed by atoms with Gasteiger partial charge >= 0.3 is 0 Å². The number of benzene rings is 1. The molecule has 1 N–H and O–H groups in total. The minimum atomic E-state index is -0.200. The Morgan fingerprint density at radius 1 is 1.29 bits per heavy atom. The molecule has 0 aliphatic rings. The lowest BCUT2D eigenvalue weighted by molar-refractivity contribution is 0.627. The number of anilines is 1. The van der Waals surface area contributed by atoms with E-state index in [2.05, 4.69) is 10.3 Å². The highest BCUT2D eigenvalue weighted by Gasteiger charge is 1.98. The summed E-state index contributed by atoms with van der Waals surface area (Å²) in [6, 6.07) is 8.92. The van der Waals surface area contributed by atoms with Crippen LogP contribution in [-0.4, -0.2) is 11.5 Å². The molecular formula is C14H15FN2. The van der Waals surface area contributed by atoms with Crippen molar-refractivity contribution < 1.29 is 4.39 Å². The summed E-state index contributed by atoms with van der Waals surface area (Å²) >= 11 is 0. The fraction of sp³-hybridized carbons (Fsp3) is 0.214. The molecule has 0 aliphatic carbocycles. The third kappa shape index (κ3) is 3.55. The molecule has 1 aromatic carbocycles. The van der Waals surface area contributed by atoms with Crippen LogP contribution < -0.4 is 5.32 Å². The van der Waals surface area contributed by atoms with E-state index in [9.17, 15) is 4.39 Å². The van der Waals surface area contributed by atoms with Gasteiger partial charge in [-0.25, -0.2) is 4.39 Å². The van der Waals surface area contributed by atoms with E-state index in [1.165, 1.54) is 17.7 Å². The monoisotopic (exact) mass is 230 g/mol. The molecule has 2 nitrogen and oxygen atoms in total. The van der Waals surface area contributed by atoms with Crippen molar-refractivity contribution in [2.75, 3.05) is 11.9 Å². The van der Waals surface area contributed by atoms with Crippen molar-refractivity contribution in [3.8, 4) is 0 Å². The maximum atomic E-state index is 13.1. The van der Waals surface area contributed by atoms with Gasteiger partial charge in [-0.05, 0) is 48.7 Å². The van der Waals surface area contributed by atoms with Crippen molar-refractivity contribution >= 4 is 5.69 Å². The van der Waals surface area contributed by atoms with Gasteiger partial charge in [-0.3, -0.25) is 4.98 Å². The summed E-state index contributed by atoms with van der Waals surface area (Å²) in [5.74, 6) is -0.200. The summed E-state index contributed by atoms with van der Waals surface area (Å²) < 4.78 is 13.1. The second kappa shape index (κ2) is 5.43. The lowest BCUT2D eigenvalue weighted by Crippen LogP contribution is -2.05. The molecule has 0 unspecified atom stereocenters. The lowest BCUT2D eigenvalue weighted by Gasteiger charge is -2.07. The Morgan fingerprint density at radius 3 is 2.88 bits per heavy atom. The van der Waals surface area contributed by atoms with Crippen LogP contribution in [0.25, 0.3) is 0 Å². The van der Waals surface area contributed by atoms with Crippen LogP contribution in [0.1, 0.15) is 11.1 Å². The molecule has 1 heterocycles. The molecule has 2 aromatic rings. The highest BCUT2D eigenvalue weighted by atomic mass is 19.1. The fourth-order valence-electron chi connectivity index (χ4n) is 1.74. The normalized spacial score (nSPS) is 10.2. The van der Waals surface area contributed by atoms with Crippen molar-refractivity contribution in [1.82, 2.24) is 4.98 Å². The largest absolute Gasteiger partial charge is 0.385 e. The van der Waals surface area contributed by atoms with E-state index in [4.69, 9.17) is 0 Å². The summed E-state index contributed by atoms with van der Waals surface area (Å²) in [7, 11) is 0. The number of rotatable bonds is 4. The van der Waals surface area contributed by atoms with Crippen molar-refractivity contribution in [3.63, 3.8) is 0 Å². The van der Waals surface area contributed by atoms with E-state index in [1.54, 1.807) is 6.20 Å². The van der Waals surface area contributed by atoms with Gasteiger partial charge in [0.15, 0.2) is 0 Å². The van der Waals surface area contributed by atoms with Gasteiger partial charge in [-0.1, -0.05) is 6.07 Å². The van der Waals surface area contributed by atoms with Gasteiger partial charge < -0.3 is 5.32 Å². The zero-order valence-corrected chi connectivity index (χ0v) is 9.78. The van der Waals surface area contributed by atoms with Crippen LogP contribution in [0.2, 0.25) is 0 Å². The third-order valence-corrected chi connectivity index (χ3v) is 2.51. The highest BCUT2D eigenvalue weighted by Crippen LogP contribution is 2.13. The average molecular weight is 230 g/mol. The Labute approximate surface area is 101 Å². The van der Waals surface area contributed by atoms with Crippen LogP contribution in [0.3, 0.4) is 0 Å². The fourth-order valence-corrected chi connectivity index (χ4v) is 1.74. The number of nitrogens with one attached hydrogen (secondary N) is 1. The van der Waals surface area contributed by atoms with Gasteiger partial charge in [0.2, 0.25) is 0 Å². The Hall–Kier alpha value is -1.90. The number of hydrogen-bond acceptors (Lipinski definition) is 2. The number of aryl methyl sites for hydroxylation is 1. The quantitative estimate of drug-likeness (QED) is 0.872. The molecule has 0 atom stereocenters. The smallest absolute Gasteiger partial charge is 0.125 e. The van der Waals surface area contributed by atoms with Crippen LogP contribution in [-0.2, 0) is 6.42 Å². The number of halogens is 1. The minimum Gasteiger partial charge on any atom is -0.385 e. The molecule has 17 heavy (non-hydrogen) atoms. The maximum Gasteiger partial charge on any atom is 0.125 e. The number of aromatic nitrogens is 1. The molecule has 0 saturated heterocycles. The van der Waals surface area contributed by atoms with Crippen molar-refractivity contribution in [3.05, 3.63) is 59.7 Å². The van der Waals surface area contributed by atoms with Gasteiger partial charge in [0, 0.05) is 24.6 Å². The summed E-state index contributed by atoms with van der Waals surface area (Å²) in [6.45, 7) is 2.66. The van der Waals surface area contributed by atoms with E-state index in [-0.39, 0.29) is 5.82 Å². The Morgan fingerprint density at radius 2 is 2.18 bits per heavy atom. The molecule has 88 valence electrons. The number of pyridine rings is 1. The Bertz CT molecular complexity index is 463. The molecule has 1 aromatic heterocycles. The topological polar surface area (TPSA) is 24.9 Å². The number of nitrogens with zero attached hydrogens (tertiary/aromatic N) is 1. The molecule has 0 radical (unpaired) electrons. The van der Waals surface area contributed by atoms with Crippen LogP contribution in [0, 0.1) is 12.7 Å². The molecule has 0 bridgehead atoms. The van der Waals surface area contributed by atoms with Crippen LogP contribution >= 0.6 is 0 Å². The standard InChI is InChI=1S/C14H15FN2/c1-11-7-13(15)9-14(8-11)17-6-4-12-3-2-5-16-10-12/h2-3,5,7-10,17H,4,6H2,1H3. The highest BCUT2D eigenvalue weighted by molar-refractivity contribution is 5.46. The molecule has 0 saturated carbocycles. The summed E-state index contributed by atoms with van der Waals surface area (Å²) in [5.41, 5.74) is 2.92. The predicted molar refractivity (Wildman–Crippen MR) is 67.6 cm³/mol. The first-order valence-corrected chi connectivity index (χ1v) is 5.64. The maximum absolute atomic E-state index is 13.1. The Kier molecular flexibility index (Phi) is 3.70. The first-order valence-electron chi connectivity index (χ1n) is 5.64. The summed E-state index contributed by atoms with van der Waals surface area (Å²) in [4.78, 5) is 4.05. The summed E-state index contributed by atoms with van der Waals surface area (Å²) in [5, 5.41) is 3.21. The second-order valence-electron chi connectivity index (χ2n) is 4.06. The van der Waals surface area contributed by atoms with E-state index in [0.29, 0.717) is 0 Å². The molecule has 0 aliphatic heterocycles. The predicted octanol–water partition coefficient (Wildman–Crippen LogP) is 3.18. The second-order valence-corrected chi connectivity index (χ2v) is 4.06. The molecule has 2 rings (SSSR count). The van der Waals surface area contributed by atoms with Crippen molar-refractivity contribution in [2.45, 2.75) is 13.3 Å². The zero-order valence-electron chi connectivity index (χ0n) is 9.78. The Balaban J connectivity index is 1.90. The van der Waals surface area contributed by atoms with Gasteiger partial charge in [-0.2, -0.15) is 0 Å². The van der Waals surface area contributed by atoms with Crippen molar-refractivity contribution in [1.29, 1.82) is 0 Å². The van der Waals surface area contributed by atoms with E-state index in [1.807, 2.05) is 31.3 Å². The van der Waals surface area contributed by atoms with Gasteiger partial charge in [-0.15, -0.1) is 0 Å². The lowest BCUT2D eigenvalue weighted by atomic mass is 10.2. The molecule has 0 spiro atoms. The molecule has 0 amide bonds. The zero-order chi connectivity index (χ0) is 12.1. The van der Waals surface area contributed by atoms with Crippen molar-refractivity contribution in [2.24, 2.45) is 0 Å². The SMILES string of the molecule is Cc1cc(F)cc(NCCc2cccnc2)c1. The van der Waals surface area contributed by atoms with Gasteiger partial charge in [0.05, 0.1) is 0 Å². The molecule has 3 heteroatoms. The van der Waals surface area contributed by atoms with Gasteiger partial charge in [0.1, 0.15) is 5.82 Å². The van der Waals surface area contributed by atoms with E-state index < -0.39 is 0 Å².